The Bertz CT molecular complexity index is 345. The van der Waals surface area contributed by atoms with Gasteiger partial charge in [-0.15, -0.1) is 0 Å². The molecule has 1 heterocycles. The molecule has 4 unspecified atom stereocenters. The quantitative estimate of drug-likeness (QED) is 0.821. The Morgan fingerprint density at radius 2 is 2.11 bits per heavy atom. The van der Waals surface area contributed by atoms with Gasteiger partial charge in [0, 0.05) is 19.1 Å². The lowest BCUT2D eigenvalue weighted by Gasteiger charge is -2.42. The van der Waals surface area contributed by atoms with Crippen LogP contribution in [0, 0.1) is 17.8 Å². The third kappa shape index (κ3) is 2.95. The summed E-state index contributed by atoms with van der Waals surface area (Å²) in [6.45, 7) is 8.24. The zero-order valence-electron chi connectivity index (χ0n) is 12.4. The molecule has 2 rings (SSSR count). The molecule has 4 nitrogen and oxygen atoms in total. The van der Waals surface area contributed by atoms with Crippen LogP contribution in [0.4, 0.5) is 0 Å². The molecular formula is C15H28N2O2. The van der Waals surface area contributed by atoms with Crippen LogP contribution in [0.15, 0.2) is 0 Å². The Morgan fingerprint density at radius 3 is 2.63 bits per heavy atom. The Balaban J connectivity index is 2.09. The molecule has 1 aliphatic heterocycles. The summed E-state index contributed by atoms with van der Waals surface area (Å²) < 4.78 is 0. The van der Waals surface area contributed by atoms with E-state index >= 15 is 0 Å². The fourth-order valence-electron chi connectivity index (χ4n) is 3.89. The monoisotopic (exact) mass is 268 g/mol. The van der Waals surface area contributed by atoms with Gasteiger partial charge in [0.25, 0.3) is 0 Å². The van der Waals surface area contributed by atoms with E-state index in [9.17, 15) is 9.90 Å². The highest BCUT2D eigenvalue weighted by atomic mass is 16.4. The number of nitrogens with zero attached hydrogens (tertiary/aromatic N) is 1. The van der Waals surface area contributed by atoms with Gasteiger partial charge in [-0.05, 0) is 37.0 Å². The number of aliphatic carboxylic acids is 1. The van der Waals surface area contributed by atoms with Crippen molar-refractivity contribution in [3.05, 3.63) is 0 Å². The summed E-state index contributed by atoms with van der Waals surface area (Å²) in [7, 11) is 0. The number of carboxylic acid groups (broad SMARTS) is 1. The van der Waals surface area contributed by atoms with Crippen molar-refractivity contribution in [2.45, 2.75) is 58.0 Å². The normalized spacial score (nSPS) is 40.8. The number of carbonyl (C=O) groups is 1. The van der Waals surface area contributed by atoms with E-state index in [1.54, 1.807) is 0 Å². The molecule has 0 radical (unpaired) electrons. The van der Waals surface area contributed by atoms with Crippen molar-refractivity contribution >= 4 is 5.97 Å². The minimum Gasteiger partial charge on any atom is -0.480 e. The van der Waals surface area contributed by atoms with Crippen LogP contribution >= 0.6 is 0 Å². The van der Waals surface area contributed by atoms with Gasteiger partial charge in [-0.25, -0.2) is 0 Å². The molecule has 110 valence electrons. The zero-order valence-corrected chi connectivity index (χ0v) is 12.4. The lowest BCUT2D eigenvalue weighted by atomic mass is 9.73. The average Bonchev–Trinajstić information content (AvgIpc) is 2.73. The van der Waals surface area contributed by atoms with Gasteiger partial charge in [0.2, 0.25) is 0 Å². The van der Waals surface area contributed by atoms with Gasteiger partial charge < -0.3 is 10.8 Å². The van der Waals surface area contributed by atoms with Crippen molar-refractivity contribution in [1.29, 1.82) is 0 Å². The highest BCUT2D eigenvalue weighted by Gasteiger charge is 2.45. The van der Waals surface area contributed by atoms with Gasteiger partial charge in [-0.1, -0.05) is 27.2 Å². The van der Waals surface area contributed by atoms with Crippen molar-refractivity contribution in [3.63, 3.8) is 0 Å². The fourth-order valence-corrected chi connectivity index (χ4v) is 3.89. The average molecular weight is 268 g/mol. The fraction of sp³-hybridized carbons (Fsp3) is 0.933. The summed E-state index contributed by atoms with van der Waals surface area (Å²) >= 11 is 0. The molecular weight excluding hydrogens is 240 g/mol. The third-order valence-corrected chi connectivity index (χ3v) is 5.21. The molecule has 0 aromatic rings. The van der Waals surface area contributed by atoms with E-state index in [4.69, 9.17) is 5.73 Å². The van der Waals surface area contributed by atoms with Crippen LogP contribution in [-0.2, 0) is 4.79 Å². The lowest BCUT2D eigenvalue weighted by Crippen LogP contribution is -2.53. The van der Waals surface area contributed by atoms with E-state index in [1.165, 1.54) is 19.3 Å². The summed E-state index contributed by atoms with van der Waals surface area (Å²) in [5.41, 5.74) is 4.99. The second-order valence-electron chi connectivity index (χ2n) is 7.08. The molecule has 2 fully saturated rings. The smallest absolute Gasteiger partial charge is 0.325 e. The maximum Gasteiger partial charge on any atom is 0.325 e. The molecule has 1 saturated heterocycles. The summed E-state index contributed by atoms with van der Waals surface area (Å²) in [5.74, 6) is 1.25. The van der Waals surface area contributed by atoms with E-state index in [1.807, 2.05) is 0 Å². The van der Waals surface area contributed by atoms with Gasteiger partial charge in [-0.3, -0.25) is 9.69 Å². The minimum absolute atomic E-state index is 0.517. The first-order valence-corrected chi connectivity index (χ1v) is 7.60. The van der Waals surface area contributed by atoms with Crippen LogP contribution in [0.5, 0.6) is 0 Å². The van der Waals surface area contributed by atoms with E-state index in [0.29, 0.717) is 30.8 Å². The summed E-state index contributed by atoms with van der Waals surface area (Å²) in [5, 5.41) is 9.26. The van der Waals surface area contributed by atoms with Crippen molar-refractivity contribution in [2.24, 2.45) is 23.5 Å². The first-order chi connectivity index (χ1) is 8.83. The Labute approximate surface area is 116 Å². The van der Waals surface area contributed by atoms with E-state index < -0.39 is 11.5 Å². The predicted molar refractivity (Wildman–Crippen MR) is 75.9 cm³/mol. The maximum atomic E-state index is 11.3. The SMILES string of the molecule is CC1CCC(C(C)C)C(N2CCC(N)(C(=O)O)C2)C1. The molecule has 0 spiro atoms. The van der Waals surface area contributed by atoms with Crippen LogP contribution in [0.2, 0.25) is 0 Å². The largest absolute Gasteiger partial charge is 0.480 e. The molecule has 0 amide bonds. The van der Waals surface area contributed by atoms with E-state index in [-0.39, 0.29) is 0 Å². The summed E-state index contributed by atoms with van der Waals surface area (Å²) in [4.78, 5) is 13.6. The van der Waals surface area contributed by atoms with Gasteiger partial charge in [-0.2, -0.15) is 0 Å². The lowest BCUT2D eigenvalue weighted by molar-refractivity contribution is -0.142. The Hall–Kier alpha value is -0.610. The number of carboxylic acids is 1. The van der Waals surface area contributed by atoms with Gasteiger partial charge in [0.05, 0.1) is 0 Å². The Morgan fingerprint density at radius 1 is 1.42 bits per heavy atom. The van der Waals surface area contributed by atoms with Crippen molar-refractivity contribution < 1.29 is 9.90 Å². The van der Waals surface area contributed by atoms with Crippen LogP contribution in [0.3, 0.4) is 0 Å². The molecule has 0 aromatic carbocycles. The summed E-state index contributed by atoms with van der Waals surface area (Å²) in [6, 6.07) is 0.522. The highest BCUT2D eigenvalue weighted by molar-refractivity contribution is 5.79. The Kier molecular flexibility index (Phi) is 4.21. The molecule has 4 atom stereocenters. The van der Waals surface area contributed by atoms with Crippen LogP contribution in [0.1, 0.15) is 46.5 Å². The summed E-state index contributed by atoms with van der Waals surface area (Å²) in [6.07, 6.45) is 4.35. The van der Waals surface area contributed by atoms with Crippen molar-refractivity contribution in [1.82, 2.24) is 4.90 Å². The highest BCUT2D eigenvalue weighted by Crippen LogP contribution is 2.38. The minimum atomic E-state index is -1.03. The van der Waals surface area contributed by atoms with Crippen LogP contribution in [0.25, 0.3) is 0 Å². The van der Waals surface area contributed by atoms with Crippen molar-refractivity contribution in [3.8, 4) is 0 Å². The standard InChI is InChI=1S/C15H28N2O2/c1-10(2)12-5-4-11(3)8-13(12)17-7-6-15(16,9-17)14(18)19/h10-13H,4-9,16H2,1-3H3,(H,18,19). The number of likely N-dealkylation sites (tertiary alicyclic amines) is 1. The zero-order chi connectivity index (χ0) is 14.2. The van der Waals surface area contributed by atoms with E-state index in [2.05, 4.69) is 25.7 Å². The number of nitrogens with two attached hydrogens (primary N) is 1. The van der Waals surface area contributed by atoms with Crippen molar-refractivity contribution in [2.75, 3.05) is 13.1 Å². The van der Waals surface area contributed by atoms with Crippen LogP contribution in [-0.4, -0.2) is 40.6 Å². The molecule has 1 saturated carbocycles. The predicted octanol–water partition coefficient (Wildman–Crippen LogP) is 1.93. The number of rotatable bonds is 3. The molecule has 0 aromatic heterocycles. The number of hydrogen-bond donors (Lipinski definition) is 2. The molecule has 1 aliphatic carbocycles. The molecule has 2 aliphatic rings. The number of hydrogen-bond acceptors (Lipinski definition) is 3. The van der Waals surface area contributed by atoms with Gasteiger partial charge in [0.15, 0.2) is 0 Å². The molecule has 3 N–H and O–H groups in total. The molecule has 4 heteroatoms. The van der Waals surface area contributed by atoms with Crippen LogP contribution < -0.4 is 5.73 Å². The topological polar surface area (TPSA) is 66.6 Å². The van der Waals surface area contributed by atoms with E-state index in [0.717, 1.165) is 12.5 Å². The van der Waals surface area contributed by atoms with Gasteiger partial charge >= 0.3 is 5.97 Å². The third-order valence-electron chi connectivity index (χ3n) is 5.21. The van der Waals surface area contributed by atoms with Gasteiger partial charge in [0.1, 0.15) is 5.54 Å². The first kappa shape index (κ1) is 14.8. The second-order valence-corrected chi connectivity index (χ2v) is 7.08. The molecule has 0 bridgehead atoms. The molecule has 19 heavy (non-hydrogen) atoms. The first-order valence-electron chi connectivity index (χ1n) is 7.60. The second kappa shape index (κ2) is 5.41. The maximum absolute atomic E-state index is 11.3.